The molecule has 0 saturated heterocycles. The molecule has 2 rings (SSSR count). The molecule has 7 heteroatoms. The van der Waals surface area contributed by atoms with E-state index in [0.29, 0.717) is 5.82 Å². The Morgan fingerprint density at radius 3 is 2.67 bits per heavy atom. The van der Waals surface area contributed by atoms with Crippen LogP contribution in [0, 0.1) is 0 Å². The van der Waals surface area contributed by atoms with Gasteiger partial charge in [-0.2, -0.15) is 14.5 Å². The summed E-state index contributed by atoms with van der Waals surface area (Å²) in [5.41, 5.74) is 0. The van der Waals surface area contributed by atoms with Crippen molar-refractivity contribution in [3.05, 3.63) is 24.3 Å². The predicted octanol–water partition coefficient (Wildman–Crippen LogP) is 2.46. The Kier molecular flexibility index (Phi) is 5.59. The number of carbonyl (C=O) groups is 1. The molecule has 0 aliphatic carbocycles. The highest BCUT2D eigenvalue weighted by Gasteiger charge is 2.17. The van der Waals surface area contributed by atoms with E-state index in [-0.39, 0.29) is 6.03 Å². The Balaban J connectivity index is 2.11. The molecule has 0 aliphatic rings. The van der Waals surface area contributed by atoms with E-state index in [9.17, 15) is 4.79 Å². The summed E-state index contributed by atoms with van der Waals surface area (Å²) in [5, 5.41) is 8.21. The number of unbranched alkanes of at least 4 members (excludes halogenated alkanes) is 3. The van der Waals surface area contributed by atoms with Gasteiger partial charge in [0.05, 0.1) is 0 Å². The van der Waals surface area contributed by atoms with Crippen LogP contribution in [0.2, 0.25) is 0 Å². The number of hydrogen-bond donors (Lipinski definition) is 0. The third kappa shape index (κ3) is 3.96. The minimum Gasteiger partial charge on any atom is -0.243 e. The molecule has 7 nitrogen and oxygen atoms in total. The van der Waals surface area contributed by atoms with Gasteiger partial charge in [0, 0.05) is 12.8 Å². The maximum atomic E-state index is 12.3. The first-order valence-corrected chi connectivity index (χ1v) is 7.60. The van der Waals surface area contributed by atoms with Gasteiger partial charge in [-0.05, 0) is 12.8 Å². The van der Waals surface area contributed by atoms with Gasteiger partial charge in [-0.15, -0.1) is 5.10 Å². The average molecular weight is 290 g/mol. The van der Waals surface area contributed by atoms with Gasteiger partial charge in [0.15, 0.2) is 5.82 Å². The van der Waals surface area contributed by atoms with Crippen LogP contribution >= 0.6 is 0 Å². The molecule has 0 aliphatic heterocycles. The van der Waals surface area contributed by atoms with Crippen LogP contribution < -0.4 is 0 Å². The van der Waals surface area contributed by atoms with E-state index in [1.54, 1.807) is 0 Å². The van der Waals surface area contributed by atoms with Crippen LogP contribution in [-0.2, 0) is 12.8 Å². The summed E-state index contributed by atoms with van der Waals surface area (Å²) < 4.78 is 2.53. The maximum Gasteiger partial charge on any atom is 0.372 e. The lowest BCUT2D eigenvalue weighted by molar-refractivity contribution is 0.237. The molecule has 2 aromatic rings. The quantitative estimate of drug-likeness (QED) is 0.732. The minimum absolute atomic E-state index is 0.330. The van der Waals surface area contributed by atoms with E-state index in [4.69, 9.17) is 0 Å². The number of aryl methyl sites for hydroxylation is 2. The first-order chi connectivity index (χ1) is 10.3. The average Bonchev–Trinajstić information content (AvgIpc) is 3.13. The summed E-state index contributed by atoms with van der Waals surface area (Å²) in [4.78, 5) is 20.6. The molecule has 0 unspecified atom stereocenters. The van der Waals surface area contributed by atoms with Crippen molar-refractivity contribution in [2.75, 3.05) is 0 Å². The van der Waals surface area contributed by atoms with E-state index >= 15 is 0 Å². The van der Waals surface area contributed by atoms with Crippen LogP contribution in [0.15, 0.2) is 12.7 Å². The molecule has 0 amide bonds. The molecule has 0 atom stereocenters. The smallest absolute Gasteiger partial charge is 0.243 e. The van der Waals surface area contributed by atoms with Crippen molar-refractivity contribution < 1.29 is 4.79 Å². The highest BCUT2D eigenvalue weighted by molar-refractivity contribution is 5.77. The van der Waals surface area contributed by atoms with E-state index in [1.807, 2.05) is 0 Å². The topological polar surface area (TPSA) is 78.5 Å². The Hall–Kier alpha value is -2.05. The molecule has 114 valence electrons. The van der Waals surface area contributed by atoms with Crippen molar-refractivity contribution in [2.24, 2.45) is 0 Å². The molecule has 0 fully saturated rings. The van der Waals surface area contributed by atoms with Gasteiger partial charge in [0.2, 0.25) is 0 Å². The number of rotatable bonds is 7. The molecule has 21 heavy (non-hydrogen) atoms. The van der Waals surface area contributed by atoms with Crippen LogP contribution in [0.3, 0.4) is 0 Å². The summed E-state index contributed by atoms with van der Waals surface area (Å²) >= 11 is 0. The molecule has 0 radical (unpaired) electrons. The van der Waals surface area contributed by atoms with E-state index in [1.165, 1.54) is 41.3 Å². The van der Waals surface area contributed by atoms with E-state index in [2.05, 4.69) is 34.0 Å². The second-order valence-corrected chi connectivity index (χ2v) is 5.04. The Labute approximate surface area is 124 Å². The Morgan fingerprint density at radius 1 is 1.14 bits per heavy atom. The van der Waals surface area contributed by atoms with Gasteiger partial charge in [-0.25, -0.2) is 14.8 Å². The molecule has 0 saturated carbocycles. The van der Waals surface area contributed by atoms with Gasteiger partial charge in [-0.1, -0.05) is 33.1 Å². The Bertz CT molecular complexity index is 560. The van der Waals surface area contributed by atoms with Crippen LogP contribution in [0.25, 0.3) is 0 Å². The lowest BCUT2D eigenvalue weighted by atomic mass is 10.1. The summed E-state index contributed by atoms with van der Waals surface area (Å²) in [6.45, 7) is 4.24. The number of aromatic nitrogens is 6. The Morgan fingerprint density at radius 2 is 2.00 bits per heavy atom. The highest BCUT2D eigenvalue weighted by Crippen LogP contribution is 2.08. The molecular formula is C14H22N6O. The van der Waals surface area contributed by atoms with Gasteiger partial charge in [0.1, 0.15) is 18.5 Å². The van der Waals surface area contributed by atoms with Crippen LogP contribution in [0.5, 0.6) is 0 Å². The molecule has 0 aromatic carbocycles. The summed E-state index contributed by atoms with van der Waals surface area (Å²) in [7, 11) is 0. The lowest BCUT2D eigenvalue weighted by Gasteiger charge is -2.02. The van der Waals surface area contributed by atoms with E-state index in [0.717, 1.165) is 31.5 Å². The third-order valence-corrected chi connectivity index (χ3v) is 3.24. The zero-order valence-corrected chi connectivity index (χ0v) is 12.7. The summed E-state index contributed by atoms with van der Waals surface area (Å²) in [5.74, 6) is 1.44. The first kappa shape index (κ1) is 15.3. The zero-order valence-electron chi connectivity index (χ0n) is 12.7. The lowest BCUT2D eigenvalue weighted by Crippen LogP contribution is -2.23. The third-order valence-electron chi connectivity index (χ3n) is 3.24. The van der Waals surface area contributed by atoms with Crippen molar-refractivity contribution in [2.45, 2.75) is 58.8 Å². The largest absolute Gasteiger partial charge is 0.372 e. The predicted molar refractivity (Wildman–Crippen MR) is 78.1 cm³/mol. The van der Waals surface area contributed by atoms with Crippen molar-refractivity contribution >= 4 is 6.03 Å². The fourth-order valence-corrected chi connectivity index (χ4v) is 2.15. The molecule has 0 spiro atoms. The summed E-state index contributed by atoms with van der Waals surface area (Å²) in [6, 6.07) is -0.330. The molecule has 2 heterocycles. The monoisotopic (exact) mass is 290 g/mol. The molecular weight excluding hydrogens is 268 g/mol. The van der Waals surface area contributed by atoms with Crippen LogP contribution in [0.4, 0.5) is 4.79 Å². The molecule has 0 bridgehead atoms. The van der Waals surface area contributed by atoms with E-state index < -0.39 is 0 Å². The maximum absolute atomic E-state index is 12.3. The van der Waals surface area contributed by atoms with Crippen LogP contribution in [0.1, 0.15) is 57.6 Å². The molecule has 2 aromatic heterocycles. The summed E-state index contributed by atoms with van der Waals surface area (Å²) in [6.07, 6.45) is 9.82. The van der Waals surface area contributed by atoms with Crippen LogP contribution in [-0.4, -0.2) is 35.6 Å². The second kappa shape index (κ2) is 7.66. The zero-order chi connectivity index (χ0) is 15.1. The minimum atomic E-state index is -0.330. The number of carbonyl (C=O) groups excluding carboxylic acids is 1. The fraction of sp³-hybridized carbons (Fsp3) is 0.643. The first-order valence-electron chi connectivity index (χ1n) is 7.60. The van der Waals surface area contributed by atoms with Crippen molar-refractivity contribution in [1.29, 1.82) is 0 Å². The highest BCUT2D eigenvalue weighted by atomic mass is 16.2. The normalized spacial score (nSPS) is 11.0. The van der Waals surface area contributed by atoms with Crippen molar-refractivity contribution in [1.82, 2.24) is 29.5 Å². The number of nitrogens with zero attached hydrogens (tertiary/aromatic N) is 6. The van der Waals surface area contributed by atoms with Gasteiger partial charge >= 0.3 is 6.03 Å². The number of hydrogen-bond acceptors (Lipinski definition) is 5. The second-order valence-electron chi connectivity index (χ2n) is 5.04. The van der Waals surface area contributed by atoms with Gasteiger partial charge < -0.3 is 0 Å². The molecule has 0 N–H and O–H groups in total. The fourth-order valence-electron chi connectivity index (χ4n) is 2.15. The standard InChI is InChI=1S/C14H22N6O/c1-3-5-6-7-9-12-17-13(8-4-2)20(18-12)14(21)19-11-15-10-16-19/h10-11H,3-9H2,1-2H3. The van der Waals surface area contributed by atoms with Crippen molar-refractivity contribution in [3.8, 4) is 0 Å². The van der Waals surface area contributed by atoms with Gasteiger partial charge in [0.25, 0.3) is 0 Å². The van der Waals surface area contributed by atoms with Crippen molar-refractivity contribution in [3.63, 3.8) is 0 Å². The SMILES string of the molecule is CCCCCCc1nc(CCC)n(C(=O)n2cncn2)n1. The van der Waals surface area contributed by atoms with Gasteiger partial charge in [-0.3, -0.25) is 0 Å².